The number of piperazine rings is 1. The Kier molecular flexibility index (Phi) is 12.0. The highest BCUT2D eigenvalue weighted by molar-refractivity contribution is 5.88. The molecule has 1 aliphatic heterocycles. The third-order valence-corrected chi connectivity index (χ3v) is 9.21. The molecule has 3 heterocycles. The second kappa shape index (κ2) is 16.4. The van der Waals surface area contributed by atoms with Gasteiger partial charge in [-0.1, -0.05) is 43.5 Å². The van der Waals surface area contributed by atoms with Gasteiger partial charge in [-0.15, -0.1) is 0 Å². The zero-order valence-electron chi connectivity index (χ0n) is 30.2. The van der Waals surface area contributed by atoms with E-state index in [4.69, 9.17) is 10.5 Å². The molecule has 6 rings (SSSR count). The van der Waals surface area contributed by atoms with Gasteiger partial charge in [0.2, 0.25) is 5.91 Å². The minimum absolute atomic E-state index is 0.0892. The summed E-state index contributed by atoms with van der Waals surface area (Å²) in [7, 11) is 0. The maximum absolute atomic E-state index is 13.4. The van der Waals surface area contributed by atoms with Crippen molar-refractivity contribution in [2.75, 3.05) is 32.7 Å². The number of amides is 4. The lowest BCUT2D eigenvalue weighted by atomic mass is 9.95. The van der Waals surface area contributed by atoms with E-state index in [2.05, 4.69) is 35.8 Å². The molecule has 4 N–H and O–H groups in total. The van der Waals surface area contributed by atoms with Crippen molar-refractivity contribution in [1.29, 1.82) is 0 Å². The highest BCUT2D eigenvalue weighted by atomic mass is 16.6. The van der Waals surface area contributed by atoms with E-state index in [9.17, 15) is 14.4 Å². The highest BCUT2D eigenvalue weighted by Gasteiger charge is 2.39. The standard InChI is InChI=1S/C27H40N6O4.C10H13N3/c1-19-29-21-12-8-9-13-22(21)32(19)15-14-28-24(34)23-18-31(26(36)37-27(2,3)4)16-17-33(23)25(35)30-20-10-6-5-7-11-20;1-8-12-9-4-2-3-5-10(9)13(8)7-6-11/h8-9,12-13,20,23H,5-7,10-11,14-18H2,1-4H3,(H,28,34)(H,30,35);2-5H,6-7,11H2,1H3/t23-;/m1./s1. The number of nitrogens with one attached hydrogen (secondary N) is 2. The molecule has 2 fully saturated rings. The number of carbonyl (C=O) groups excluding carboxylic acids is 3. The van der Waals surface area contributed by atoms with E-state index in [1.54, 1.807) is 4.90 Å². The Morgan fingerprint density at radius 1 is 0.860 bits per heavy atom. The van der Waals surface area contributed by atoms with Crippen molar-refractivity contribution >= 4 is 40.1 Å². The highest BCUT2D eigenvalue weighted by Crippen LogP contribution is 2.20. The summed E-state index contributed by atoms with van der Waals surface area (Å²) < 4.78 is 9.75. The molecule has 0 unspecified atom stereocenters. The fourth-order valence-electron chi connectivity index (χ4n) is 6.74. The quantitative estimate of drug-likeness (QED) is 0.254. The smallest absolute Gasteiger partial charge is 0.410 e. The molecule has 1 saturated heterocycles. The summed E-state index contributed by atoms with van der Waals surface area (Å²) in [5, 5.41) is 6.11. The fraction of sp³-hybridized carbons (Fsp3) is 0.541. The average molecular weight is 688 g/mol. The number of hydrogen-bond donors (Lipinski definition) is 3. The summed E-state index contributed by atoms with van der Waals surface area (Å²) >= 11 is 0. The van der Waals surface area contributed by atoms with Gasteiger partial charge in [0, 0.05) is 45.3 Å². The average Bonchev–Trinajstić information content (AvgIpc) is 3.59. The first-order valence-corrected chi connectivity index (χ1v) is 17.8. The molecule has 0 radical (unpaired) electrons. The van der Waals surface area contributed by atoms with Crippen LogP contribution in [-0.4, -0.2) is 97.3 Å². The van der Waals surface area contributed by atoms with Crippen LogP contribution >= 0.6 is 0 Å². The molecular weight excluding hydrogens is 634 g/mol. The first kappa shape index (κ1) is 36.6. The normalized spacial score (nSPS) is 17.0. The Labute approximate surface area is 294 Å². The summed E-state index contributed by atoms with van der Waals surface area (Å²) in [4.78, 5) is 51.5. The lowest BCUT2D eigenvalue weighted by Gasteiger charge is -2.41. The van der Waals surface area contributed by atoms with E-state index in [-0.39, 0.29) is 31.1 Å². The molecule has 4 amide bonds. The molecular formula is C37H53N9O4. The van der Waals surface area contributed by atoms with E-state index in [0.29, 0.717) is 26.2 Å². The maximum Gasteiger partial charge on any atom is 0.410 e. The first-order valence-electron chi connectivity index (χ1n) is 17.8. The van der Waals surface area contributed by atoms with Crippen LogP contribution < -0.4 is 16.4 Å². The van der Waals surface area contributed by atoms with Crippen molar-refractivity contribution in [3.05, 3.63) is 60.2 Å². The molecule has 1 saturated carbocycles. The number of ether oxygens (including phenoxy) is 1. The molecule has 0 spiro atoms. The van der Waals surface area contributed by atoms with Crippen molar-refractivity contribution in [2.45, 2.75) is 97.5 Å². The van der Waals surface area contributed by atoms with Crippen LogP contribution in [-0.2, 0) is 22.6 Å². The minimum atomic E-state index is -0.800. The number of aromatic nitrogens is 4. The van der Waals surface area contributed by atoms with Crippen LogP contribution in [0.4, 0.5) is 9.59 Å². The van der Waals surface area contributed by atoms with Gasteiger partial charge >= 0.3 is 12.1 Å². The van der Waals surface area contributed by atoms with Crippen LogP contribution in [0.3, 0.4) is 0 Å². The number of benzene rings is 2. The number of para-hydroxylation sites is 4. The van der Waals surface area contributed by atoms with Crippen LogP contribution in [0.25, 0.3) is 22.1 Å². The van der Waals surface area contributed by atoms with E-state index in [0.717, 1.165) is 60.4 Å². The number of urea groups is 1. The monoisotopic (exact) mass is 687 g/mol. The first-order chi connectivity index (χ1) is 23.9. The summed E-state index contributed by atoms with van der Waals surface area (Å²) in [5.74, 6) is 1.62. The van der Waals surface area contributed by atoms with Crippen molar-refractivity contribution in [1.82, 2.24) is 39.5 Å². The van der Waals surface area contributed by atoms with Crippen molar-refractivity contribution in [2.24, 2.45) is 5.73 Å². The molecule has 1 atom stereocenters. The largest absolute Gasteiger partial charge is 0.444 e. The second-order valence-electron chi connectivity index (χ2n) is 14.1. The maximum atomic E-state index is 13.4. The van der Waals surface area contributed by atoms with Crippen LogP contribution in [0, 0.1) is 13.8 Å². The summed E-state index contributed by atoms with van der Waals surface area (Å²) in [5.41, 5.74) is 9.03. The van der Waals surface area contributed by atoms with Gasteiger partial charge in [0.05, 0.1) is 28.6 Å². The minimum Gasteiger partial charge on any atom is -0.444 e. The Bertz CT molecular complexity index is 1770. The predicted octanol–water partition coefficient (Wildman–Crippen LogP) is 4.73. The van der Waals surface area contributed by atoms with Crippen LogP contribution in [0.1, 0.15) is 64.5 Å². The Morgan fingerprint density at radius 3 is 2.02 bits per heavy atom. The SMILES string of the molecule is Cc1nc2ccccc2n1CCN.Cc1nc2ccccc2n1CCNC(=O)[C@H]1CN(C(=O)OC(C)(C)C)CCN1C(=O)NC1CCCCC1. The number of hydrogen-bond acceptors (Lipinski definition) is 7. The number of nitrogens with zero attached hydrogens (tertiary/aromatic N) is 6. The third kappa shape index (κ3) is 9.12. The number of rotatable bonds is 7. The molecule has 4 aromatic rings. The molecule has 13 nitrogen and oxygen atoms in total. The Hall–Kier alpha value is -4.65. The van der Waals surface area contributed by atoms with Crippen molar-refractivity contribution in [3.63, 3.8) is 0 Å². The van der Waals surface area contributed by atoms with Gasteiger partial charge < -0.3 is 40.0 Å². The molecule has 13 heteroatoms. The van der Waals surface area contributed by atoms with Crippen molar-refractivity contribution in [3.8, 4) is 0 Å². The molecule has 2 aromatic heterocycles. The van der Waals surface area contributed by atoms with Crippen LogP contribution in [0.15, 0.2) is 48.5 Å². The zero-order chi connectivity index (χ0) is 35.8. The lowest BCUT2D eigenvalue weighted by molar-refractivity contribution is -0.127. The predicted molar refractivity (Wildman–Crippen MR) is 195 cm³/mol. The molecule has 2 aliphatic rings. The number of fused-ring (bicyclic) bond motifs is 2. The second-order valence-corrected chi connectivity index (χ2v) is 14.1. The van der Waals surface area contributed by atoms with Crippen LogP contribution in [0.2, 0.25) is 0 Å². The van der Waals surface area contributed by atoms with Gasteiger partial charge in [0.25, 0.3) is 0 Å². The molecule has 1 aliphatic carbocycles. The van der Waals surface area contributed by atoms with Gasteiger partial charge in [0.15, 0.2) is 0 Å². The summed E-state index contributed by atoms with van der Waals surface area (Å²) in [6, 6.07) is 15.1. The van der Waals surface area contributed by atoms with Gasteiger partial charge in [-0.3, -0.25) is 4.79 Å². The van der Waals surface area contributed by atoms with E-state index < -0.39 is 17.7 Å². The fourth-order valence-corrected chi connectivity index (χ4v) is 6.74. The van der Waals surface area contributed by atoms with Gasteiger partial charge in [-0.2, -0.15) is 0 Å². The molecule has 0 bridgehead atoms. The number of carbonyl (C=O) groups is 3. The van der Waals surface area contributed by atoms with Crippen LogP contribution in [0.5, 0.6) is 0 Å². The van der Waals surface area contributed by atoms with E-state index in [1.807, 2.05) is 77.1 Å². The van der Waals surface area contributed by atoms with Gasteiger partial charge in [-0.25, -0.2) is 19.6 Å². The number of nitrogens with two attached hydrogens (primary N) is 1. The van der Waals surface area contributed by atoms with Gasteiger partial charge in [0.1, 0.15) is 23.3 Å². The number of aryl methyl sites for hydroxylation is 2. The molecule has 270 valence electrons. The molecule has 2 aromatic carbocycles. The lowest BCUT2D eigenvalue weighted by Crippen LogP contribution is -2.64. The summed E-state index contributed by atoms with van der Waals surface area (Å²) in [6.45, 7) is 12.5. The topological polar surface area (TPSA) is 153 Å². The van der Waals surface area contributed by atoms with E-state index >= 15 is 0 Å². The van der Waals surface area contributed by atoms with E-state index in [1.165, 1.54) is 16.8 Å². The van der Waals surface area contributed by atoms with Crippen molar-refractivity contribution < 1.29 is 19.1 Å². The summed E-state index contributed by atoms with van der Waals surface area (Å²) in [6.07, 6.45) is 4.83. The Balaban J connectivity index is 0.000000311. The zero-order valence-corrected chi connectivity index (χ0v) is 30.2. The number of imidazole rings is 2. The Morgan fingerprint density at radius 2 is 1.44 bits per heavy atom. The molecule has 50 heavy (non-hydrogen) atoms. The van der Waals surface area contributed by atoms with Gasteiger partial charge in [-0.05, 0) is 71.7 Å². The third-order valence-electron chi connectivity index (χ3n) is 9.21.